The quantitative estimate of drug-likeness (QED) is 0.896. The molecule has 2 unspecified atom stereocenters. The van der Waals surface area contributed by atoms with Crippen LogP contribution >= 0.6 is 0 Å². The Bertz CT molecular complexity index is 512. The number of nitrogens with one attached hydrogen (secondary N) is 1. The molecule has 21 heavy (non-hydrogen) atoms. The first-order valence-corrected chi connectivity index (χ1v) is 8.34. The maximum Gasteiger partial charge on any atom is 0.251 e. The minimum atomic E-state index is 0.0816. The zero-order chi connectivity index (χ0) is 14.7. The number of hydrogen-bond donors (Lipinski definition) is 1. The van der Waals surface area contributed by atoms with Crippen LogP contribution in [-0.2, 0) is 6.42 Å². The van der Waals surface area contributed by atoms with Gasteiger partial charge in [-0.3, -0.25) is 4.79 Å². The molecule has 3 nitrogen and oxygen atoms in total. The number of unbranched alkanes of at least 4 members (excludes halogenated alkanes) is 1. The van der Waals surface area contributed by atoms with E-state index in [4.69, 9.17) is 4.74 Å². The average Bonchev–Trinajstić information content (AvgIpc) is 3.13. The minimum absolute atomic E-state index is 0.0816. The number of amides is 1. The van der Waals surface area contributed by atoms with Crippen molar-refractivity contribution < 1.29 is 9.53 Å². The monoisotopic (exact) mass is 287 g/mol. The van der Waals surface area contributed by atoms with E-state index in [1.807, 2.05) is 18.2 Å². The summed E-state index contributed by atoms with van der Waals surface area (Å²) in [5.41, 5.74) is 1.94. The molecule has 1 amide bonds. The SMILES string of the molecule is CCCCC1CCCC1NC(=O)c1ccc2c(c1)CCO2. The maximum absolute atomic E-state index is 12.5. The highest BCUT2D eigenvalue weighted by Gasteiger charge is 2.28. The number of hydrogen-bond acceptors (Lipinski definition) is 2. The maximum atomic E-state index is 12.5. The van der Waals surface area contributed by atoms with Gasteiger partial charge >= 0.3 is 0 Å². The van der Waals surface area contributed by atoms with Crippen molar-refractivity contribution in [3.63, 3.8) is 0 Å². The lowest BCUT2D eigenvalue weighted by molar-refractivity contribution is 0.0926. The summed E-state index contributed by atoms with van der Waals surface area (Å²) in [6, 6.07) is 6.18. The first-order chi connectivity index (χ1) is 10.3. The highest BCUT2D eigenvalue weighted by atomic mass is 16.5. The van der Waals surface area contributed by atoms with Gasteiger partial charge in [0.2, 0.25) is 0 Å². The summed E-state index contributed by atoms with van der Waals surface area (Å²) >= 11 is 0. The molecule has 2 atom stereocenters. The van der Waals surface area contributed by atoms with Gasteiger partial charge in [-0.15, -0.1) is 0 Å². The molecule has 1 aromatic carbocycles. The Morgan fingerprint density at radius 2 is 2.29 bits per heavy atom. The molecule has 1 saturated carbocycles. The number of carbonyl (C=O) groups excluding carboxylic acids is 1. The van der Waals surface area contributed by atoms with Crippen molar-refractivity contribution >= 4 is 5.91 Å². The van der Waals surface area contributed by atoms with Crippen molar-refractivity contribution in [1.82, 2.24) is 5.32 Å². The van der Waals surface area contributed by atoms with Crippen molar-refractivity contribution in [3.8, 4) is 5.75 Å². The van der Waals surface area contributed by atoms with Crippen LogP contribution < -0.4 is 10.1 Å². The molecule has 114 valence electrons. The van der Waals surface area contributed by atoms with Crippen LogP contribution in [0.5, 0.6) is 5.75 Å². The molecular formula is C18H25NO2. The van der Waals surface area contributed by atoms with Gasteiger partial charge in [0, 0.05) is 18.0 Å². The molecule has 0 spiro atoms. The van der Waals surface area contributed by atoms with Crippen LogP contribution in [0.4, 0.5) is 0 Å². The van der Waals surface area contributed by atoms with Gasteiger partial charge < -0.3 is 10.1 Å². The summed E-state index contributed by atoms with van der Waals surface area (Å²) in [6.45, 7) is 2.97. The fraction of sp³-hybridized carbons (Fsp3) is 0.611. The number of carbonyl (C=O) groups is 1. The third-order valence-electron chi connectivity index (χ3n) is 4.86. The smallest absolute Gasteiger partial charge is 0.251 e. The number of ether oxygens (including phenoxy) is 1. The molecule has 3 heteroatoms. The number of rotatable bonds is 5. The first kappa shape index (κ1) is 14.4. The van der Waals surface area contributed by atoms with Crippen LogP contribution in [0.3, 0.4) is 0 Å². The Balaban J connectivity index is 1.63. The Morgan fingerprint density at radius 3 is 3.14 bits per heavy atom. The van der Waals surface area contributed by atoms with Gasteiger partial charge in [0.25, 0.3) is 5.91 Å². The van der Waals surface area contributed by atoms with E-state index in [9.17, 15) is 4.79 Å². The molecule has 1 N–H and O–H groups in total. The van der Waals surface area contributed by atoms with Crippen LogP contribution in [0.15, 0.2) is 18.2 Å². The minimum Gasteiger partial charge on any atom is -0.493 e. The lowest BCUT2D eigenvalue weighted by Gasteiger charge is -2.21. The highest BCUT2D eigenvalue weighted by Crippen LogP contribution is 2.30. The Morgan fingerprint density at radius 1 is 1.38 bits per heavy atom. The predicted octanol–water partition coefficient (Wildman–Crippen LogP) is 3.71. The lowest BCUT2D eigenvalue weighted by atomic mass is 9.96. The standard InChI is InChI=1S/C18H25NO2/c1-2-3-5-13-6-4-7-16(13)19-18(20)15-8-9-17-14(12-15)10-11-21-17/h8-9,12-13,16H,2-7,10-11H2,1H3,(H,19,20). The summed E-state index contributed by atoms with van der Waals surface area (Å²) in [5, 5.41) is 3.27. The van der Waals surface area contributed by atoms with E-state index >= 15 is 0 Å². The number of benzene rings is 1. The van der Waals surface area contributed by atoms with Gasteiger partial charge in [-0.2, -0.15) is 0 Å². The van der Waals surface area contributed by atoms with Gasteiger partial charge in [0.1, 0.15) is 5.75 Å². The Labute approximate surface area is 127 Å². The van der Waals surface area contributed by atoms with E-state index in [1.165, 1.54) is 32.1 Å². The summed E-state index contributed by atoms with van der Waals surface area (Å²) < 4.78 is 5.50. The second-order valence-corrected chi connectivity index (χ2v) is 6.33. The van der Waals surface area contributed by atoms with E-state index in [0.29, 0.717) is 12.0 Å². The third-order valence-corrected chi connectivity index (χ3v) is 4.86. The van der Waals surface area contributed by atoms with E-state index in [0.717, 1.165) is 36.3 Å². The van der Waals surface area contributed by atoms with E-state index in [2.05, 4.69) is 12.2 Å². The van der Waals surface area contributed by atoms with Crippen LogP contribution in [0.2, 0.25) is 0 Å². The Hall–Kier alpha value is -1.51. The molecule has 1 heterocycles. The molecular weight excluding hydrogens is 262 g/mol. The zero-order valence-electron chi connectivity index (χ0n) is 12.9. The molecule has 0 aromatic heterocycles. The molecule has 2 aliphatic rings. The van der Waals surface area contributed by atoms with Crippen LogP contribution in [-0.4, -0.2) is 18.6 Å². The number of fused-ring (bicyclic) bond motifs is 1. The molecule has 0 radical (unpaired) electrons. The van der Waals surface area contributed by atoms with Crippen LogP contribution in [0, 0.1) is 5.92 Å². The fourth-order valence-corrected chi connectivity index (χ4v) is 3.62. The molecule has 1 aliphatic carbocycles. The summed E-state index contributed by atoms with van der Waals surface area (Å²) in [6.07, 6.45) is 8.32. The fourth-order valence-electron chi connectivity index (χ4n) is 3.62. The summed E-state index contributed by atoms with van der Waals surface area (Å²) in [4.78, 5) is 12.5. The second kappa shape index (κ2) is 6.50. The normalized spacial score (nSPS) is 23.7. The lowest BCUT2D eigenvalue weighted by Crippen LogP contribution is -2.37. The largest absolute Gasteiger partial charge is 0.493 e. The molecule has 0 bridgehead atoms. The zero-order valence-corrected chi connectivity index (χ0v) is 12.9. The van der Waals surface area contributed by atoms with Gasteiger partial charge in [-0.25, -0.2) is 0 Å². The second-order valence-electron chi connectivity index (χ2n) is 6.33. The third kappa shape index (κ3) is 3.22. The summed E-state index contributed by atoms with van der Waals surface area (Å²) in [5.74, 6) is 1.69. The van der Waals surface area contributed by atoms with E-state index < -0.39 is 0 Å². The van der Waals surface area contributed by atoms with E-state index in [1.54, 1.807) is 0 Å². The van der Waals surface area contributed by atoms with Crippen LogP contribution in [0.25, 0.3) is 0 Å². The molecule has 0 saturated heterocycles. The van der Waals surface area contributed by atoms with Gasteiger partial charge in [-0.1, -0.05) is 26.2 Å². The molecule has 1 aliphatic heterocycles. The Kier molecular flexibility index (Phi) is 4.47. The van der Waals surface area contributed by atoms with Crippen molar-refractivity contribution in [2.45, 2.75) is 57.9 Å². The molecule has 1 fully saturated rings. The van der Waals surface area contributed by atoms with Crippen molar-refractivity contribution in [3.05, 3.63) is 29.3 Å². The van der Waals surface area contributed by atoms with Crippen molar-refractivity contribution in [2.24, 2.45) is 5.92 Å². The predicted molar refractivity (Wildman–Crippen MR) is 83.8 cm³/mol. The molecule has 1 aromatic rings. The molecule has 3 rings (SSSR count). The highest BCUT2D eigenvalue weighted by molar-refractivity contribution is 5.94. The van der Waals surface area contributed by atoms with Gasteiger partial charge in [-0.05, 0) is 48.9 Å². The van der Waals surface area contributed by atoms with Crippen LogP contribution in [0.1, 0.15) is 61.4 Å². The van der Waals surface area contributed by atoms with Crippen molar-refractivity contribution in [2.75, 3.05) is 6.61 Å². The van der Waals surface area contributed by atoms with Gasteiger partial charge in [0.15, 0.2) is 0 Å². The van der Waals surface area contributed by atoms with E-state index in [-0.39, 0.29) is 5.91 Å². The summed E-state index contributed by atoms with van der Waals surface area (Å²) in [7, 11) is 0. The average molecular weight is 287 g/mol. The van der Waals surface area contributed by atoms with Gasteiger partial charge in [0.05, 0.1) is 6.61 Å². The topological polar surface area (TPSA) is 38.3 Å². The first-order valence-electron chi connectivity index (χ1n) is 8.34. The van der Waals surface area contributed by atoms with Crippen molar-refractivity contribution in [1.29, 1.82) is 0 Å².